The first-order chi connectivity index (χ1) is 18.3. The van der Waals surface area contributed by atoms with E-state index in [4.69, 9.17) is 14.2 Å². The number of carboxylic acids is 1. The molecule has 1 aromatic rings. The second-order valence-electron chi connectivity index (χ2n) is 11.3. The van der Waals surface area contributed by atoms with Gasteiger partial charge in [-0.1, -0.05) is 47.6 Å². The van der Waals surface area contributed by atoms with Crippen LogP contribution in [0, 0.1) is 17.8 Å². The topological polar surface area (TPSA) is 128 Å². The summed E-state index contributed by atoms with van der Waals surface area (Å²) in [6, 6.07) is 3.71. The molecule has 0 saturated carbocycles. The van der Waals surface area contributed by atoms with Gasteiger partial charge in [0.15, 0.2) is 11.5 Å². The van der Waals surface area contributed by atoms with E-state index >= 15 is 0 Å². The minimum atomic E-state index is -1.08. The van der Waals surface area contributed by atoms with E-state index in [-0.39, 0.29) is 43.3 Å². The van der Waals surface area contributed by atoms with Gasteiger partial charge in [-0.25, -0.2) is 0 Å². The van der Waals surface area contributed by atoms with Crippen molar-refractivity contribution < 1.29 is 38.5 Å². The van der Waals surface area contributed by atoms with Gasteiger partial charge in [0.1, 0.15) is 12.1 Å². The van der Waals surface area contributed by atoms with Gasteiger partial charge in [0.05, 0.1) is 0 Å². The molecule has 1 unspecified atom stereocenters. The molecule has 2 N–H and O–H groups in total. The Kier molecular flexibility index (Phi) is 15.4. The van der Waals surface area contributed by atoms with Crippen molar-refractivity contribution in [1.82, 2.24) is 5.32 Å². The van der Waals surface area contributed by atoms with Crippen molar-refractivity contribution >= 4 is 23.9 Å². The van der Waals surface area contributed by atoms with Gasteiger partial charge in [0, 0.05) is 25.8 Å². The highest BCUT2D eigenvalue weighted by Crippen LogP contribution is 2.30. The molecule has 220 valence electrons. The number of esters is 3. The molecule has 1 rings (SSSR count). The van der Waals surface area contributed by atoms with E-state index in [1.165, 1.54) is 12.1 Å². The van der Waals surface area contributed by atoms with Gasteiger partial charge < -0.3 is 24.6 Å². The monoisotopic (exact) mass is 549 g/mol. The Morgan fingerprint density at radius 1 is 0.744 bits per heavy atom. The molecule has 39 heavy (non-hydrogen) atoms. The zero-order chi connectivity index (χ0) is 29.5. The average molecular weight is 550 g/mol. The van der Waals surface area contributed by atoms with Crippen molar-refractivity contribution in [3.05, 3.63) is 23.8 Å². The molecule has 0 radical (unpaired) electrons. The van der Waals surface area contributed by atoms with E-state index in [0.29, 0.717) is 42.6 Å². The summed E-state index contributed by atoms with van der Waals surface area (Å²) >= 11 is 0. The lowest BCUT2D eigenvalue weighted by Crippen LogP contribution is -2.42. The number of hydrogen-bond donors (Lipinski definition) is 2. The molecule has 1 aromatic carbocycles. The molecule has 0 aliphatic carbocycles. The summed E-state index contributed by atoms with van der Waals surface area (Å²) in [7, 11) is 0. The Balaban J connectivity index is 2.95. The zero-order valence-electron chi connectivity index (χ0n) is 24.6. The van der Waals surface area contributed by atoms with Crippen LogP contribution in [0.15, 0.2) is 18.2 Å². The Hall–Kier alpha value is -2.94. The predicted molar refractivity (Wildman–Crippen MR) is 149 cm³/mol. The number of carboxylic acid groups (broad SMARTS) is 1. The fourth-order valence-electron chi connectivity index (χ4n) is 3.53. The molecule has 0 fully saturated rings. The maximum atomic E-state index is 12.5. The third-order valence-corrected chi connectivity index (χ3v) is 5.96. The van der Waals surface area contributed by atoms with Gasteiger partial charge in [-0.05, 0) is 68.1 Å². The van der Waals surface area contributed by atoms with Crippen LogP contribution in [-0.4, -0.2) is 47.7 Å². The van der Waals surface area contributed by atoms with Crippen LogP contribution < -0.4 is 14.8 Å². The van der Waals surface area contributed by atoms with Gasteiger partial charge in [-0.15, -0.1) is 0 Å². The summed E-state index contributed by atoms with van der Waals surface area (Å²) < 4.78 is 16.4. The minimum absolute atomic E-state index is 0.0709. The van der Waals surface area contributed by atoms with E-state index < -0.39 is 30.1 Å². The molecule has 0 heterocycles. The normalized spacial score (nSPS) is 12.9. The summed E-state index contributed by atoms with van der Waals surface area (Å²) in [4.78, 5) is 48.7. The van der Waals surface area contributed by atoms with Crippen LogP contribution in [0.3, 0.4) is 0 Å². The van der Waals surface area contributed by atoms with E-state index in [9.17, 15) is 24.3 Å². The first-order valence-electron chi connectivity index (χ1n) is 14.0. The highest BCUT2D eigenvalue weighted by Gasteiger charge is 2.22. The van der Waals surface area contributed by atoms with Crippen LogP contribution in [0.5, 0.6) is 11.5 Å². The minimum Gasteiger partial charge on any atom is -0.480 e. The molecular weight excluding hydrogens is 502 g/mol. The van der Waals surface area contributed by atoms with Crippen molar-refractivity contribution in [3.63, 3.8) is 0 Å². The van der Waals surface area contributed by atoms with Gasteiger partial charge in [0.25, 0.3) is 0 Å². The largest absolute Gasteiger partial charge is 0.480 e. The van der Waals surface area contributed by atoms with E-state index in [2.05, 4.69) is 5.32 Å². The molecule has 0 aliphatic rings. The number of carbonyl (C=O) groups excluding carboxylic acids is 3. The van der Waals surface area contributed by atoms with Gasteiger partial charge in [0.2, 0.25) is 0 Å². The molecule has 2 atom stereocenters. The van der Waals surface area contributed by atoms with E-state index in [0.717, 1.165) is 6.42 Å². The van der Waals surface area contributed by atoms with Gasteiger partial charge >= 0.3 is 23.9 Å². The van der Waals surface area contributed by atoms with Crippen molar-refractivity contribution in [2.45, 2.75) is 106 Å². The third kappa shape index (κ3) is 15.3. The van der Waals surface area contributed by atoms with Crippen LogP contribution in [0.25, 0.3) is 0 Å². The number of carbonyl (C=O) groups is 4. The van der Waals surface area contributed by atoms with E-state index in [1.807, 2.05) is 41.5 Å². The number of benzene rings is 1. The molecule has 0 saturated heterocycles. The predicted octanol–water partition coefficient (Wildman–Crippen LogP) is 5.32. The van der Waals surface area contributed by atoms with E-state index in [1.54, 1.807) is 13.0 Å². The first kappa shape index (κ1) is 34.1. The molecule has 9 heteroatoms. The second kappa shape index (κ2) is 17.6. The highest BCUT2D eigenvalue weighted by atomic mass is 16.6. The van der Waals surface area contributed by atoms with Crippen LogP contribution in [-0.2, 0) is 30.3 Å². The van der Waals surface area contributed by atoms with Crippen molar-refractivity contribution in [3.8, 4) is 11.5 Å². The summed E-state index contributed by atoms with van der Waals surface area (Å²) in [5.74, 6) is -1.05. The zero-order valence-corrected chi connectivity index (χ0v) is 24.6. The van der Waals surface area contributed by atoms with Crippen LogP contribution in [0.2, 0.25) is 0 Å². The van der Waals surface area contributed by atoms with Gasteiger partial charge in [-0.2, -0.15) is 0 Å². The Labute approximate surface area is 233 Å². The van der Waals surface area contributed by atoms with Crippen LogP contribution in [0.4, 0.5) is 0 Å². The number of rotatable bonds is 18. The van der Waals surface area contributed by atoms with Crippen LogP contribution in [0.1, 0.15) is 92.6 Å². The highest BCUT2D eigenvalue weighted by molar-refractivity contribution is 5.77. The number of aliphatic carboxylic acids is 1. The summed E-state index contributed by atoms with van der Waals surface area (Å²) in [5, 5.41) is 12.7. The number of ether oxygens (including phenoxy) is 3. The van der Waals surface area contributed by atoms with Crippen molar-refractivity contribution in [1.29, 1.82) is 0 Å². The van der Waals surface area contributed by atoms with Gasteiger partial charge in [-0.3, -0.25) is 19.2 Å². The molecule has 0 bridgehead atoms. The summed E-state index contributed by atoms with van der Waals surface area (Å²) in [6.07, 6.45) is 2.35. The average Bonchev–Trinajstić information content (AvgIpc) is 2.84. The lowest BCUT2D eigenvalue weighted by molar-refractivity contribution is -0.148. The Bertz CT molecular complexity index is 941. The number of hydrogen-bond acceptors (Lipinski definition) is 8. The van der Waals surface area contributed by atoms with Crippen molar-refractivity contribution in [2.75, 3.05) is 6.54 Å². The maximum Gasteiger partial charge on any atom is 0.321 e. The standard InChI is InChI=1S/C30H47NO8/c1-19(2)8-13-27(32)37-22(7)18-31-24(30(35)36)16-23-11-12-25(38-28(33)14-9-20(3)4)26(17-23)39-29(34)15-10-21(5)6/h11-12,17,19-22,24,31H,8-10,13-16,18H2,1-7H3,(H,35,36)/t22?,24-/m0/s1. The number of nitrogens with one attached hydrogen (secondary N) is 1. The Morgan fingerprint density at radius 3 is 1.72 bits per heavy atom. The summed E-state index contributed by atoms with van der Waals surface area (Å²) in [5.41, 5.74) is 0.574. The molecule has 9 nitrogen and oxygen atoms in total. The SMILES string of the molecule is CC(C)CCC(=O)Oc1ccc(C[C@H](NCC(C)OC(=O)CCC(C)C)C(=O)O)cc1OC(=O)CCC(C)C. The summed E-state index contributed by atoms with van der Waals surface area (Å²) in [6.45, 7) is 13.9. The molecule has 0 aromatic heterocycles. The lowest BCUT2D eigenvalue weighted by Gasteiger charge is -2.19. The molecular formula is C30H47NO8. The Morgan fingerprint density at radius 2 is 1.23 bits per heavy atom. The quantitative estimate of drug-likeness (QED) is 0.185. The second-order valence-corrected chi connectivity index (χ2v) is 11.3. The third-order valence-electron chi connectivity index (χ3n) is 5.96. The fourth-order valence-corrected chi connectivity index (χ4v) is 3.53. The molecule has 0 aliphatic heterocycles. The maximum absolute atomic E-state index is 12.5. The lowest BCUT2D eigenvalue weighted by atomic mass is 10.0. The molecule has 0 amide bonds. The smallest absolute Gasteiger partial charge is 0.321 e. The van der Waals surface area contributed by atoms with Crippen LogP contribution >= 0.6 is 0 Å². The van der Waals surface area contributed by atoms with Crippen molar-refractivity contribution in [2.24, 2.45) is 17.8 Å². The molecule has 0 spiro atoms. The first-order valence-corrected chi connectivity index (χ1v) is 14.0. The fraction of sp³-hybridized carbons (Fsp3) is 0.667.